The summed E-state index contributed by atoms with van der Waals surface area (Å²) in [6.07, 6.45) is -4.56. The molecule has 0 radical (unpaired) electrons. The van der Waals surface area contributed by atoms with Crippen molar-refractivity contribution in [3.05, 3.63) is 40.4 Å². The fraction of sp³-hybridized carbons (Fsp3) is 0.250. The van der Waals surface area contributed by atoms with Crippen molar-refractivity contribution in [1.29, 1.82) is 0 Å². The van der Waals surface area contributed by atoms with Crippen LogP contribution < -0.4 is 0 Å². The van der Waals surface area contributed by atoms with E-state index in [1.54, 1.807) is 6.07 Å². The van der Waals surface area contributed by atoms with Crippen LogP contribution in [0.25, 0.3) is 0 Å². The van der Waals surface area contributed by atoms with Gasteiger partial charge in [0.1, 0.15) is 10.1 Å². The molecule has 0 atom stereocenters. The zero-order valence-electron chi connectivity index (χ0n) is 10.5. The Bertz CT molecular complexity index is 626. The van der Waals surface area contributed by atoms with E-state index in [1.165, 1.54) is 0 Å². The number of hydrogen-bond donors (Lipinski definition) is 0. The van der Waals surface area contributed by atoms with E-state index in [2.05, 4.69) is 15.0 Å². The van der Waals surface area contributed by atoms with Crippen molar-refractivity contribution in [3.63, 3.8) is 0 Å². The van der Waals surface area contributed by atoms with Crippen molar-refractivity contribution in [2.24, 2.45) is 0 Å². The second kappa shape index (κ2) is 5.57. The maximum absolute atomic E-state index is 12.6. The Kier molecular flexibility index (Phi) is 4.19. The lowest BCUT2D eigenvalue weighted by Gasteiger charge is -2.08. The van der Waals surface area contributed by atoms with Gasteiger partial charge in [0, 0.05) is 11.8 Å². The first-order valence-corrected chi connectivity index (χ1v) is 6.68. The molecule has 20 heavy (non-hydrogen) atoms. The normalized spacial score (nSPS) is 11.7. The fourth-order valence-electron chi connectivity index (χ4n) is 1.56. The Balaban J connectivity index is 2.36. The maximum atomic E-state index is 12.6. The number of aromatic nitrogens is 3. The maximum Gasteiger partial charge on any atom is 0.433 e. The molecule has 2 aromatic heterocycles. The summed E-state index contributed by atoms with van der Waals surface area (Å²) in [5.74, 6) is 0. The summed E-state index contributed by atoms with van der Waals surface area (Å²) in [5, 5.41) is 0.229. The minimum atomic E-state index is -4.56. The van der Waals surface area contributed by atoms with Crippen LogP contribution in [0.1, 0.15) is 17.0 Å². The van der Waals surface area contributed by atoms with Gasteiger partial charge in [-0.2, -0.15) is 13.2 Å². The second-order valence-electron chi connectivity index (χ2n) is 4.08. The van der Waals surface area contributed by atoms with E-state index in [9.17, 15) is 13.2 Å². The zero-order valence-corrected chi connectivity index (χ0v) is 12.1. The van der Waals surface area contributed by atoms with Gasteiger partial charge in [-0.05, 0) is 54.9 Å². The molecule has 0 N–H and O–H groups in total. The third-order valence-corrected chi connectivity index (χ3v) is 3.25. The predicted molar refractivity (Wildman–Crippen MR) is 69.9 cm³/mol. The molecule has 2 heterocycles. The number of alkyl halides is 3. The molecule has 0 aliphatic heterocycles. The molecular weight excluding hydrogens is 311 g/mol. The zero-order chi connectivity index (χ0) is 14.9. The first-order valence-electron chi connectivity index (χ1n) is 5.49. The standard InChI is InChI=1S/C12H9ClF3N3S/c1-6-3-7(2)17-9(4-6)20-10-5-8(12(14,15)16)18-11(13)19-10/h3-5H,1-2H3. The second-order valence-corrected chi connectivity index (χ2v) is 5.46. The van der Waals surface area contributed by atoms with Crippen molar-refractivity contribution in [1.82, 2.24) is 15.0 Å². The Morgan fingerprint density at radius 2 is 1.65 bits per heavy atom. The Morgan fingerprint density at radius 3 is 2.25 bits per heavy atom. The van der Waals surface area contributed by atoms with Gasteiger partial charge in [0.05, 0.1) is 0 Å². The lowest BCUT2D eigenvalue weighted by atomic mass is 10.3. The third kappa shape index (κ3) is 3.83. The van der Waals surface area contributed by atoms with Crippen LogP contribution in [0.3, 0.4) is 0 Å². The molecule has 0 aliphatic carbocycles. The molecule has 0 aromatic carbocycles. The topological polar surface area (TPSA) is 38.7 Å². The summed E-state index contributed by atoms with van der Waals surface area (Å²) < 4.78 is 37.9. The van der Waals surface area contributed by atoms with Gasteiger partial charge in [0.25, 0.3) is 0 Å². The monoisotopic (exact) mass is 319 g/mol. The average Bonchev–Trinajstić information content (AvgIpc) is 2.25. The third-order valence-electron chi connectivity index (χ3n) is 2.25. The van der Waals surface area contributed by atoms with Crippen LogP contribution in [-0.4, -0.2) is 15.0 Å². The van der Waals surface area contributed by atoms with E-state index in [0.29, 0.717) is 5.03 Å². The highest BCUT2D eigenvalue weighted by atomic mass is 35.5. The minimum Gasteiger partial charge on any atom is -0.246 e. The first kappa shape index (κ1) is 15.1. The molecule has 0 saturated carbocycles. The van der Waals surface area contributed by atoms with Gasteiger partial charge in [0.2, 0.25) is 5.28 Å². The van der Waals surface area contributed by atoms with Crippen LogP contribution in [0.5, 0.6) is 0 Å². The summed E-state index contributed by atoms with van der Waals surface area (Å²) >= 11 is 6.54. The largest absolute Gasteiger partial charge is 0.433 e. The quantitative estimate of drug-likeness (QED) is 0.610. The van der Waals surface area contributed by atoms with Crippen molar-refractivity contribution in [2.45, 2.75) is 30.1 Å². The lowest BCUT2D eigenvalue weighted by Crippen LogP contribution is -2.09. The summed E-state index contributed by atoms with van der Waals surface area (Å²) in [6.45, 7) is 3.69. The summed E-state index contributed by atoms with van der Waals surface area (Å²) in [4.78, 5) is 11.2. The van der Waals surface area contributed by atoms with E-state index in [1.807, 2.05) is 19.9 Å². The number of hydrogen-bond acceptors (Lipinski definition) is 4. The molecule has 0 unspecified atom stereocenters. The SMILES string of the molecule is Cc1cc(C)nc(Sc2cc(C(F)(F)F)nc(Cl)n2)c1. The molecule has 0 aliphatic rings. The number of nitrogens with zero attached hydrogens (tertiary/aromatic N) is 3. The van der Waals surface area contributed by atoms with Crippen LogP contribution in [-0.2, 0) is 6.18 Å². The summed E-state index contributed by atoms with van der Waals surface area (Å²) in [7, 11) is 0. The predicted octanol–water partition coefficient (Wildman–Crippen LogP) is 4.31. The van der Waals surface area contributed by atoms with E-state index in [-0.39, 0.29) is 5.03 Å². The van der Waals surface area contributed by atoms with E-state index in [4.69, 9.17) is 11.6 Å². The van der Waals surface area contributed by atoms with Gasteiger partial charge < -0.3 is 0 Å². The lowest BCUT2D eigenvalue weighted by molar-refractivity contribution is -0.141. The van der Waals surface area contributed by atoms with Gasteiger partial charge in [-0.25, -0.2) is 15.0 Å². The van der Waals surface area contributed by atoms with Crippen LogP contribution >= 0.6 is 23.4 Å². The smallest absolute Gasteiger partial charge is 0.246 e. The Hall–Kier alpha value is -1.34. The van der Waals surface area contributed by atoms with Crippen LogP contribution in [0.15, 0.2) is 28.3 Å². The number of rotatable bonds is 2. The average molecular weight is 320 g/mol. The van der Waals surface area contributed by atoms with E-state index >= 15 is 0 Å². The molecule has 106 valence electrons. The Labute approximate surface area is 122 Å². The van der Waals surface area contributed by atoms with Crippen LogP contribution in [0.4, 0.5) is 13.2 Å². The Morgan fingerprint density at radius 1 is 1.00 bits per heavy atom. The molecule has 8 heteroatoms. The van der Waals surface area contributed by atoms with Crippen molar-refractivity contribution < 1.29 is 13.2 Å². The highest BCUT2D eigenvalue weighted by Gasteiger charge is 2.33. The van der Waals surface area contributed by atoms with Crippen molar-refractivity contribution in [2.75, 3.05) is 0 Å². The molecule has 0 bridgehead atoms. The number of halogens is 4. The number of pyridine rings is 1. The van der Waals surface area contributed by atoms with Crippen molar-refractivity contribution >= 4 is 23.4 Å². The summed E-state index contributed by atoms with van der Waals surface area (Å²) in [6, 6.07) is 4.50. The molecule has 0 amide bonds. The van der Waals surface area contributed by atoms with Crippen LogP contribution in [0.2, 0.25) is 5.28 Å². The fourth-order valence-corrected chi connectivity index (χ4v) is 2.74. The van der Waals surface area contributed by atoms with Gasteiger partial charge in [-0.15, -0.1) is 0 Å². The molecule has 0 saturated heterocycles. The molecule has 0 spiro atoms. The van der Waals surface area contributed by atoms with Gasteiger partial charge >= 0.3 is 6.18 Å². The minimum absolute atomic E-state index is 0.106. The first-order chi connectivity index (χ1) is 9.24. The van der Waals surface area contributed by atoms with Gasteiger partial charge in [-0.3, -0.25) is 0 Å². The molecular formula is C12H9ClF3N3S. The van der Waals surface area contributed by atoms with E-state index in [0.717, 1.165) is 29.1 Å². The molecule has 2 rings (SSSR count). The van der Waals surface area contributed by atoms with Crippen LogP contribution in [0, 0.1) is 13.8 Å². The van der Waals surface area contributed by atoms with Gasteiger partial charge in [-0.1, -0.05) is 0 Å². The number of aryl methyl sites for hydroxylation is 2. The molecule has 0 fully saturated rings. The van der Waals surface area contributed by atoms with Gasteiger partial charge in [0.15, 0.2) is 5.69 Å². The molecule has 3 nitrogen and oxygen atoms in total. The van der Waals surface area contributed by atoms with Crippen molar-refractivity contribution in [3.8, 4) is 0 Å². The molecule has 2 aromatic rings. The highest BCUT2D eigenvalue weighted by Crippen LogP contribution is 2.32. The summed E-state index contributed by atoms with van der Waals surface area (Å²) in [5.41, 5.74) is 0.685. The van der Waals surface area contributed by atoms with E-state index < -0.39 is 17.2 Å². The highest BCUT2D eigenvalue weighted by molar-refractivity contribution is 7.99.